The molecule has 1 aliphatic carbocycles. The van der Waals surface area contributed by atoms with Crippen molar-refractivity contribution in [2.24, 2.45) is 0 Å². The van der Waals surface area contributed by atoms with Crippen molar-refractivity contribution in [1.29, 1.82) is 0 Å². The molecular formula is C16H21ClN2O3. The van der Waals surface area contributed by atoms with Crippen LogP contribution in [0.2, 0.25) is 5.02 Å². The van der Waals surface area contributed by atoms with E-state index in [9.17, 15) is 4.79 Å². The number of amides is 1. The molecule has 1 aromatic rings. The van der Waals surface area contributed by atoms with Crippen molar-refractivity contribution in [3.8, 4) is 5.75 Å². The van der Waals surface area contributed by atoms with Crippen LogP contribution in [0.4, 0.5) is 5.69 Å². The quantitative estimate of drug-likeness (QED) is 0.893. The van der Waals surface area contributed by atoms with Gasteiger partial charge in [0.15, 0.2) is 0 Å². The molecule has 0 radical (unpaired) electrons. The van der Waals surface area contributed by atoms with Crippen LogP contribution in [0.15, 0.2) is 18.2 Å². The minimum atomic E-state index is -0.457. The highest BCUT2D eigenvalue weighted by Gasteiger charge is 2.22. The minimum absolute atomic E-state index is 0.160. The fourth-order valence-corrected chi connectivity index (χ4v) is 3.04. The summed E-state index contributed by atoms with van der Waals surface area (Å²) >= 11 is 6.26. The van der Waals surface area contributed by atoms with Crippen molar-refractivity contribution < 1.29 is 14.3 Å². The average Bonchev–Trinajstić information content (AvgIpc) is 3.04. The molecule has 0 spiro atoms. The molecule has 120 valence electrons. The third kappa shape index (κ3) is 3.91. The maximum atomic E-state index is 12.1. The molecule has 1 atom stereocenters. The van der Waals surface area contributed by atoms with E-state index in [-0.39, 0.29) is 12.0 Å². The second-order valence-corrected chi connectivity index (χ2v) is 6.13. The molecular weight excluding hydrogens is 304 g/mol. The summed E-state index contributed by atoms with van der Waals surface area (Å²) < 4.78 is 11.3. The van der Waals surface area contributed by atoms with E-state index in [0.717, 1.165) is 19.4 Å². The van der Waals surface area contributed by atoms with E-state index in [1.807, 2.05) is 12.1 Å². The maximum Gasteiger partial charge on any atom is 0.254 e. The number of morpholine rings is 1. The number of anilines is 1. The van der Waals surface area contributed by atoms with Gasteiger partial charge in [-0.25, -0.2) is 0 Å². The molecule has 1 heterocycles. The summed E-state index contributed by atoms with van der Waals surface area (Å²) in [4.78, 5) is 12.1. The molecule has 1 aromatic carbocycles. The van der Waals surface area contributed by atoms with E-state index in [2.05, 4.69) is 10.6 Å². The third-order valence-electron chi connectivity index (χ3n) is 4.02. The number of rotatable bonds is 4. The Morgan fingerprint density at radius 3 is 2.86 bits per heavy atom. The van der Waals surface area contributed by atoms with Crippen LogP contribution >= 0.6 is 11.6 Å². The molecule has 1 aliphatic heterocycles. The van der Waals surface area contributed by atoms with Crippen molar-refractivity contribution in [3.63, 3.8) is 0 Å². The number of hydrogen-bond acceptors (Lipinski definition) is 4. The lowest BCUT2D eigenvalue weighted by Crippen LogP contribution is -2.45. The summed E-state index contributed by atoms with van der Waals surface area (Å²) in [6.07, 6.45) is 4.40. The zero-order chi connectivity index (χ0) is 15.4. The van der Waals surface area contributed by atoms with Gasteiger partial charge in [0, 0.05) is 18.8 Å². The summed E-state index contributed by atoms with van der Waals surface area (Å²) in [6, 6.07) is 5.35. The molecule has 2 aliphatic rings. The molecule has 3 rings (SSSR count). The lowest BCUT2D eigenvalue weighted by Gasteiger charge is -2.23. The predicted octanol–water partition coefficient (Wildman–Crippen LogP) is 2.59. The highest BCUT2D eigenvalue weighted by atomic mass is 35.5. The zero-order valence-electron chi connectivity index (χ0n) is 12.4. The zero-order valence-corrected chi connectivity index (χ0v) is 13.2. The van der Waals surface area contributed by atoms with Crippen molar-refractivity contribution in [2.45, 2.75) is 37.9 Å². The molecule has 1 saturated heterocycles. The molecule has 0 aromatic heterocycles. The first kappa shape index (κ1) is 15.6. The van der Waals surface area contributed by atoms with E-state index in [1.54, 1.807) is 6.07 Å². The average molecular weight is 325 g/mol. The molecule has 22 heavy (non-hydrogen) atoms. The monoisotopic (exact) mass is 324 g/mol. The molecule has 0 bridgehead atoms. The normalized spacial score (nSPS) is 22.5. The van der Waals surface area contributed by atoms with E-state index in [1.165, 1.54) is 12.8 Å². The Labute approximate surface area is 135 Å². The Bertz CT molecular complexity index is 526. The second-order valence-electron chi connectivity index (χ2n) is 5.72. The Kier molecular flexibility index (Phi) is 5.18. The number of ether oxygens (including phenoxy) is 2. The number of halogens is 1. The van der Waals surface area contributed by atoms with Crippen LogP contribution in [-0.4, -0.2) is 37.8 Å². The number of nitrogens with one attached hydrogen (secondary N) is 2. The van der Waals surface area contributed by atoms with Crippen molar-refractivity contribution >= 4 is 23.2 Å². The van der Waals surface area contributed by atoms with Crippen LogP contribution in [0.5, 0.6) is 5.75 Å². The first-order chi connectivity index (χ1) is 10.7. The maximum absolute atomic E-state index is 12.1. The van der Waals surface area contributed by atoms with Gasteiger partial charge in [-0.15, -0.1) is 0 Å². The van der Waals surface area contributed by atoms with Gasteiger partial charge in [-0.1, -0.05) is 11.6 Å². The molecule has 1 saturated carbocycles. The van der Waals surface area contributed by atoms with Gasteiger partial charge < -0.3 is 20.1 Å². The smallest absolute Gasteiger partial charge is 0.254 e. The van der Waals surface area contributed by atoms with Gasteiger partial charge in [0.05, 0.1) is 17.7 Å². The first-order valence-corrected chi connectivity index (χ1v) is 8.19. The third-order valence-corrected chi connectivity index (χ3v) is 4.31. The Hall–Kier alpha value is -1.30. The van der Waals surface area contributed by atoms with Crippen molar-refractivity contribution in [2.75, 3.05) is 25.0 Å². The van der Waals surface area contributed by atoms with Gasteiger partial charge in [-0.2, -0.15) is 0 Å². The van der Waals surface area contributed by atoms with E-state index in [4.69, 9.17) is 21.1 Å². The number of benzene rings is 1. The summed E-state index contributed by atoms with van der Waals surface area (Å²) in [5.41, 5.74) is 0.656. The van der Waals surface area contributed by atoms with E-state index >= 15 is 0 Å². The largest absolute Gasteiger partial charge is 0.489 e. The highest BCUT2D eigenvalue weighted by molar-refractivity contribution is 6.32. The van der Waals surface area contributed by atoms with Gasteiger partial charge in [0.25, 0.3) is 5.91 Å². The summed E-state index contributed by atoms with van der Waals surface area (Å²) in [6.45, 7) is 1.86. The fourth-order valence-electron chi connectivity index (χ4n) is 2.82. The summed E-state index contributed by atoms with van der Waals surface area (Å²) in [5.74, 6) is 0.523. The van der Waals surface area contributed by atoms with Crippen LogP contribution in [0, 0.1) is 0 Å². The number of carbonyl (C=O) groups excluding carboxylic acids is 1. The predicted molar refractivity (Wildman–Crippen MR) is 85.6 cm³/mol. The first-order valence-electron chi connectivity index (χ1n) is 7.82. The lowest BCUT2D eigenvalue weighted by molar-refractivity contribution is -0.128. The number of hydrogen-bond donors (Lipinski definition) is 2. The second kappa shape index (κ2) is 7.31. The molecule has 1 unspecified atom stereocenters. The highest BCUT2D eigenvalue weighted by Crippen LogP contribution is 2.31. The fraction of sp³-hybridized carbons (Fsp3) is 0.562. The van der Waals surface area contributed by atoms with Gasteiger partial charge in [-0.05, 0) is 43.9 Å². The lowest BCUT2D eigenvalue weighted by atomic mass is 10.2. The van der Waals surface area contributed by atoms with Crippen LogP contribution in [0.1, 0.15) is 25.7 Å². The molecule has 2 fully saturated rings. The van der Waals surface area contributed by atoms with Gasteiger partial charge >= 0.3 is 0 Å². The molecule has 5 nitrogen and oxygen atoms in total. The standard InChI is InChI=1S/C16H21ClN2O3/c17-13-9-11(19-16(20)15-10-18-7-8-21-15)5-6-14(13)22-12-3-1-2-4-12/h5-6,9,12,15,18H,1-4,7-8,10H2,(H,19,20). The molecule has 1 amide bonds. The minimum Gasteiger partial charge on any atom is -0.489 e. The van der Waals surface area contributed by atoms with E-state index in [0.29, 0.717) is 29.6 Å². The Morgan fingerprint density at radius 2 is 2.18 bits per heavy atom. The molecule has 2 N–H and O–H groups in total. The van der Waals surface area contributed by atoms with Crippen LogP contribution in [0.3, 0.4) is 0 Å². The summed E-state index contributed by atoms with van der Waals surface area (Å²) in [7, 11) is 0. The van der Waals surface area contributed by atoms with Crippen LogP contribution in [0.25, 0.3) is 0 Å². The van der Waals surface area contributed by atoms with E-state index < -0.39 is 6.10 Å². The Balaban J connectivity index is 1.59. The van der Waals surface area contributed by atoms with Gasteiger partial charge in [0.2, 0.25) is 0 Å². The van der Waals surface area contributed by atoms with Crippen molar-refractivity contribution in [1.82, 2.24) is 5.32 Å². The van der Waals surface area contributed by atoms with Crippen LogP contribution < -0.4 is 15.4 Å². The van der Waals surface area contributed by atoms with Crippen LogP contribution in [-0.2, 0) is 9.53 Å². The Morgan fingerprint density at radius 1 is 1.36 bits per heavy atom. The SMILES string of the molecule is O=C(Nc1ccc(OC2CCCC2)c(Cl)c1)C1CNCCO1. The van der Waals surface area contributed by atoms with Gasteiger partial charge in [-0.3, -0.25) is 4.79 Å². The summed E-state index contributed by atoms with van der Waals surface area (Å²) in [5, 5.41) is 6.48. The topological polar surface area (TPSA) is 59.6 Å². The van der Waals surface area contributed by atoms with Crippen molar-refractivity contribution in [3.05, 3.63) is 23.2 Å². The van der Waals surface area contributed by atoms with Gasteiger partial charge in [0.1, 0.15) is 11.9 Å². The molecule has 6 heteroatoms. The number of carbonyl (C=O) groups is 1.